The first-order valence-electron chi connectivity index (χ1n) is 6.35. The minimum Gasteiger partial charge on any atom is -0.384 e. The molecule has 0 unspecified atom stereocenters. The Morgan fingerprint density at radius 3 is 2.11 bits per heavy atom. The standard InChI is InChI=1S/C13H29NO3S/c1-12(2,9-13(3,4)11-17-5)10-14-7-8-18(6,15)16/h14H,7-11H2,1-6H3. The second kappa shape index (κ2) is 6.87. The topological polar surface area (TPSA) is 55.4 Å². The van der Waals surface area contributed by atoms with E-state index >= 15 is 0 Å². The lowest BCUT2D eigenvalue weighted by molar-refractivity contribution is 0.0677. The quantitative estimate of drug-likeness (QED) is 0.653. The molecule has 5 heteroatoms. The zero-order valence-electron chi connectivity index (χ0n) is 12.7. The van der Waals surface area contributed by atoms with Crippen molar-refractivity contribution < 1.29 is 13.2 Å². The molecule has 0 heterocycles. The van der Waals surface area contributed by atoms with Crippen LogP contribution in [-0.4, -0.2) is 47.2 Å². The zero-order valence-corrected chi connectivity index (χ0v) is 13.5. The zero-order chi connectivity index (χ0) is 14.4. The molecule has 0 aliphatic carbocycles. The van der Waals surface area contributed by atoms with Crippen molar-refractivity contribution in [1.82, 2.24) is 5.32 Å². The lowest BCUT2D eigenvalue weighted by Gasteiger charge is -2.34. The van der Waals surface area contributed by atoms with Gasteiger partial charge in [0, 0.05) is 26.5 Å². The van der Waals surface area contributed by atoms with Gasteiger partial charge in [-0.1, -0.05) is 27.7 Å². The first kappa shape index (κ1) is 17.9. The molecule has 0 aliphatic rings. The molecule has 0 fully saturated rings. The van der Waals surface area contributed by atoms with Crippen LogP contribution in [0.25, 0.3) is 0 Å². The second-order valence-corrected chi connectivity index (χ2v) is 9.00. The van der Waals surface area contributed by atoms with Crippen LogP contribution < -0.4 is 5.32 Å². The van der Waals surface area contributed by atoms with E-state index in [1.165, 1.54) is 6.26 Å². The van der Waals surface area contributed by atoms with Gasteiger partial charge < -0.3 is 10.1 Å². The van der Waals surface area contributed by atoms with Crippen molar-refractivity contribution in [3.05, 3.63) is 0 Å². The van der Waals surface area contributed by atoms with Crippen LogP contribution in [0.2, 0.25) is 0 Å². The van der Waals surface area contributed by atoms with E-state index in [4.69, 9.17) is 4.74 Å². The molecule has 110 valence electrons. The average Bonchev–Trinajstić information content (AvgIpc) is 2.09. The molecule has 0 aromatic heterocycles. The van der Waals surface area contributed by atoms with Gasteiger partial charge >= 0.3 is 0 Å². The summed E-state index contributed by atoms with van der Waals surface area (Å²) in [6.07, 6.45) is 2.29. The van der Waals surface area contributed by atoms with Gasteiger partial charge in [0.05, 0.1) is 12.4 Å². The fourth-order valence-corrected chi connectivity index (χ4v) is 3.00. The Hall–Kier alpha value is -0.130. The molecular weight excluding hydrogens is 250 g/mol. The number of methoxy groups -OCH3 is 1. The summed E-state index contributed by atoms with van der Waals surface area (Å²) in [4.78, 5) is 0. The maximum absolute atomic E-state index is 11.0. The summed E-state index contributed by atoms with van der Waals surface area (Å²) in [5.41, 5.74) is 0.260. The lowest BCUT2D eigenvalue weighted by Crippen LogP contribution is -2.36. The first-order valence-corrected chi connectivity index (χ1v) is 8.41. The minimum absolute atomic E-state index is 0.125. The number of hydrogen-bond acceptors (Lipinski definition) is 4. The molecule has 0 saturated heterocycles. The molecule has 0 aliphatic heterocycles. The third-order valence-electron chi connectivity index (χ3n) is 2.75. The largest absolute Gasteiger partial charge is 0.384 e. The van der Waals surface area contributed by atoms with Crippen LogP contribution in [0.4, 0.5) is 0 Å². The summed E-state index contributed by atoms with van der Waals surface area (Å²) in [5.74, 6) is 0.199. The third-order valence-corrected chi connectivity index (χ3v) is 3.69. The number of sulfone groups is 1. The molecular formula is C13H29NO3S. The molecule has 0 rings (SSSR count). The Morgan fingerprint density at radius 1 is 1.11 bits per heavy atom. The molecule has 0 spiro atoms. The van der Waals surface area contributed by atoms with E-state index in [2.05, 4.69) is 33.0 Å². The number of nitrogens with one attached hydrogen (secondary N) is 1. The smallest absolute Gasteiger partial charge is 0.148 e. The van der Waals surface area contributed by atoms with Gasteiger partial charge in [-0.3, -0.25) is 0 Å². The number of rotatable bonds is 9. The Labute approximate surface area is 112 Å². The van der Waals surface area contributed by atoms with E-state index in [-0.39, 0.29) is 16.6 Å². The maximum atomic E-state index is 11.0. The van der Waals surface area contributed by atoms with Crippen molar-refractivity contribution >= 4 is 9.84 Å². The third kappa shape index (κ3) is 9.85. The Kier molecular flexibility index (Phi) is 6.82. The van der Waals surface area contributed by atoms with Gasteiger partial charge in [0.15, 0.2) is 0 Å². The minimum atomic E-state index is -2.87. The van der Waals surface area contributed by atoms with Crippen molar-refractivity contribution in [3.63, 3.8) is 0 Å². The average molecular weight is 279 g/mol. The highest BCUT2D eigenvalue weighted by molar-refractivity contribution is 7.90. The molecule has 4 nitrogen and oxygen atoms in total. The normalized spacial score (nSPS) is 13.9. The summed E-state index contributed by atoms with van der Waals surface area (Å²) < 4.78 is 27.2. The van der Waals surface area contributed by atoms with Crippen molar-refractivity contribution in [2.75, 3.05) is 38.8 Å². The van der Waals surface area contributed by atoms with Crippen LogP contribution in [0.15, 0.2) is 0 Å². The maximum Gasteiger partial charge on any atom is 0.148 e. The fraction of sp³-hybridized carbons (Fsp3) is 1.00. The molecule has 0 bridgehead atoms. The van der Waals surface area contributed by atoms with Gasteiger partial charge in [-0.05, 0) is 17.3 Å². The molecule has 0 atom stereocenters. The first-order chi connectivity index (χ1) is 7.97. The summed E-state index contributed by atoms with van der Waals surface area (Å²) >= 11 is 0. The van der Waals surface area contributed by atoms with E-state index in [0.717, 1.165) is 19.6 Å². The highest BCUT2D eigenvalue weighted by Gasteiger charge is 2.28. The van der Waals surface area contributed by atoms with E-state index < -0.39 is 9.84 Å². The van der Waals surface area contributed by atoms with E-state index in [9.17, 15) is 8.42 Å². The van der Waals surface area contributed by atoms with Gasteiger partial charge in [-0.25, -0.2) is 8.42 Å². The predicted molar refractivity (Wildman–Crippen MR) is 76.6 cm³/mol. The van der Waals surface area contributed by atoms with Crippen LogP contribution in [-0.2, 0) is 14.6 Å². The van der Waals surface area contributed by atoms with Gasteiger partial charge in [0.25, 0.3) is 0 Å². The number of ether oxygens (including phenoxy) is 1. The van der Waals surface area contributed by atoms with Crippen molar-refractivity contribution in [1.29, 1.82) is 0 Å². The monoisotopic (exact) mass is 279 g/mol. The van der Waals surface area contributed by atoms with Crippen molar-refractivity contribution in [2.24, 2.45) is 10.8 Å². The van der Waals surface area contributed by atoms with Crippen LogP contribution in [0, 0.1) is 10.8 Å². The highest BCUT2D eigenvalue weighted by atomic mass is 32.2. The Balaban J connectivity index is 4.08. The molecule has 0 aromatic rings. The van der Waals surface area contributed by atoms with Crippen LogP contribution in [0.3, 0.4) is 0 Å². The van der Waals surface area contributed by atoms with Gasteiger partial charge in [0.1, 0.15) is 9.84 Å². The SMILES string of the molecule is COCC(C)(C)CC(C)(C)CNCCS(C)(=O)=O. The van der Waals surface area contributed by atoms with E-state index in [0.29, 0.717) is 6.54 Å². The molecule has 0 saturated carbocycles. The van der Waals surface area contributed by atoms with Crippen LogP contribution in [0.1, 0.15) is 34.1 Å². The summed E-state index contributed by atoms with van der Waals surface area (Å²) in [6, 6.07) is 0. The molecule has 1 N–H and O–H groups in total. The van der Waals surface area contributed by atoms with Crippen molar-refractivity contribution in [2.45, 2.75) is 34.1 Å². The lowest BCUT2D eigenvalue weighted by atomic mass is 9.75. The molecule has 0 radical (unpaired) electrons. The Morgan fingerprint density at radius 2 is 1.67 bits per heavy atom. The van der Waals surface area contributed by atoms with E-state index in [1.54, 1.807) is 7.11 Å². The van der Waals surface area contributed by atoms with Crippen LogP contribution in [0.5, 0.6) is 0 Å². The van der Waals surface area contributed by atoms with E-state index in [1.807, 2.05) is 0 Å². The summed E-state index contributed by atoms with van der Waals surface area (Å²) in [5, 5.41) is 3.23. The van der Waals surface area contributed by atoms with Gasteiger partial charge in [0.2, 0.25) is 0 Å². The summed E-state index contributed by atoms with van der Waals surface area (Å²) in [6.45, 7) is 10.8. The predicted octanol–water partition coefficient (Wildman–Crippen LogP) is 1.71. The fourth-order valence-electron chi connectivity index (χ4n) is 2.48. The van der Waals surface area contributed by atoms with Gasteiger partial charge in [-0.2, -0.15) is 0 Å². The number of hydrogen-bond donors (Lipinski definition) is 1. The second-order valence-electron chi connectivity index (χ2n) is 6.74. The summed E-state index contributed by atoms with van der Waals surface area (Å²) in [7, 11) is -1.15. The van der Waals surface area contributed by atoms with Gasteiger partial charge in [-0.15, -0.1) is 0 Å². The molecule has 18 heavy (non-hydrogen) atoms. The highest BCUT2D eigenvalue weighted by Crippen LogP contribution is 2.33. The van der Waals surface area contributed by atoms with Crippen LogP contribution >= 0.6 is 0 Å². The Bertz CT molecular complexity index is 334. The molecule has 0 aromatic carbocycles. The van der Waals surface area contributed by atoms with Crippen molar-refractivity contribution in [3.8, 4) is 0 Å². The molecule has 0 amide bonds.